The summed E-state index contributed by atoms with van der Waals surface area (Å²) >= 11 is 0. The fraction of sp³-hybridized carbons (Fsp3) is 0.611. The molecule has 21 heavy (non-hydrogen) atoms. The fourth-order valence-corrected chi connectivity index (χ4v) is 2.40. The van der Waals surface area contributed by atoms with E-state index in [0.29, 0.717) is 13.0 Å². The monoisotopic (exact) mass is 290 g/mol. The fourth-order valence-electron chi connectivity index (χ4n) is 2.40. The van der Waals surface area contributed by atoms with Crippen LogP contribution in [0.5, 0.6) is 0 Å². The van der Waals surface area contributed by atoms with Crippen LogP contribution in [0, 0.1) is 0 Å². The minimum absolute atomic E-state index is 0.198. The van der Waals surface area contributed by atoms with Gasteiger partial charge >= 0.3 is 0 Å². The molecule has 0 saturated heterocycles. The molecule has 0 radical (unpaired) electrons. The molecule has 1 aromatic rings. The van der Waals surface area contributed by atoms with Gasteiger partial charge in [-0.15, -0.1) is 0 Å². The molecule has 118 valence electrons. The summed E-state index contributed by atoms with van der Waals surface area (Å²) in [6.45, 7) is 2.77. The second kappa shape index (κ2) is 10.4. The maximum Gasteiger partial charge on any atom is 0.226 e. The summed E-state index contributed by atoms with van der Waals surface area (Å²) in [5.74, 6) is 0.198. The van der Waals surface area contributed by atoms with E-state index in [1.54, 1.807) is 4.90 Å². The van der Waals surface area contributed by atoms with Gasteiger partial charge in [-0.1, -0.05) is 57.6 Å². The Kier molecular flexibility index (Phi) is 8.76. The summed E-state index contributed by atoms with van der Waals surface area (Å²) in [4.78, 5) is 13.9. The molecule has 0 aliphatic carbocycles. The number of hydrogen-bond acceptors (Lipinski definition) is 2. The summed E-state index contributed by atoms with van der Waals surface area (Å²) in [6.07, 6.45) is 9.31. The molecule has 1 aromatic carbocycles. The third-order valence-corrected chi connectivity index (χ3v) is 3.93. The number of rotatable bonds is 10. The Balaban J connectivity index is 2.24. The number of carbonyl (C=O) groups excluding carboxylic acids is 1. The number of benzene rings is 1. The molecule has 0 aliphatic heterocycles. The minimum atomic E-state index is 0.198. The van der Waals surface area contributed by atoms with E-state index in [1.807, 2.05) is 31.3 Å². The van der Waals surface area contributed by atoms with Crippen molar-refractivity contribution in [2.75, 3.05) is 11.9 Å². The topological polar surface area (TPSA) is 46.3 Å². The molecule has 1 rings (SSSR count). The van der Waals surface area contributed by atoms with Crippen LogP contribution in [0.4, 0.5) is 5.69 Å². The summed E-state index contributed by atoms with van der Waals surface area (Å²) in [5, 5.41) is 0. The van der Waals surface area contributed by atoms with Gasteiger partial charge in [-0.05, 0) is 24.1 Å². The van der Waals surface area contributed by atoms with Crippen LogP contribution in [-0.2, 0) is 11.3 Å². The van der Waals surface area contributed by atoms with Crippen LogP contribution in [-0.4, -0.2) is 13.0 Å². The molecule has 0 aromatic heterocycles. The third kappa shape index (κ3) is 6.76. The number of carbonyl (C=O) groups is 1. The third-order valence-electron chi connectivity index (χ3n) is 3.93. The Morgan fingerprint density at radius 1 is 1.00 bits per heavy atom. The molecule has 3 nitrogen and oxygen atoms in total. The van der Waals surface area contributed by atoms with Crippen LogP contribution in [0.3, 0.4) is 0 Å². The van der Waals surface area contributed by atoms with Gasteiger partial charge in [-0.3, -0.25) is 4.79 Å². The van der Waals surface area contributed by atoms with Crippen molar-refractivity contribution in [3.05, 3.63) is 29.8 Å². The first-order valence-electron chi connectivity index (χ1n) is 8.24. The lowest BCUT2D eigenvalue weighted by Crippen LogP contribution is -2.25. The molecule has 3 heteroatoms. The molecule has 0 fully saturated rings. The van der Waals surface area contributed by atoms with Gasteiger partial charge in [0.05, 0.1) is 0 Å². The largest absolute Gasteiger partial charge is 0.326 e. The average Bonchev–Trinajstić information content (AvgIpc) is 2.53. The molecule has 0 spiro atoms. The van der Waals surface area contributed by atoms with Crippen molar-refractivity contribution in [1.29, 1.82) is 0 Å². The summed E-state index contributed by atoms with van der Waals surface area (Å²) in [6, 6.07) is 7.88. The van der Waals surface area contributed by atoms with Crippen molar-refractivity contribution in [3.63, 3.8) is 0 Å². The van der Waals surface area contributed by atoms with Gasteiger partial charge in [0.1, 0.15) is 0 Å². The Bertz CT molecular complexity index is 400. The zero-order valence-electron chi connectivity index (χ0n) is 13.6. The maximum atomic E-state index is 12.1. The van der Waals surface area contributed by atoms with Crippen molar-refractivity contribution < 1.29 is 4.79 Å². The summed E-state index contributed by atoms with van der Waals surface area (Å²) in [7, 11) is 1.85. The zero-order chi connectivity index (χ0) is 15.5. The molecule has 0 aliphatic rings. The number of anilines is 1. The molecular formula is C18H30N2O. The van der Waals surface area contributed by atoms with Gasteiger partial charge in [0.25, 0.3) is 0 Å². The number of nitrogens with zero attached hydrogens (tertiary/aromatic N) is 1. The molecule has 0 heterocycles. The average molecular weight is 290 g/mol. The second-order valence-corrected chi connectivity index (χ2v) is 5.69. The highest BCUT2D eigenvalue weighted by Gasteiger charge is 2.10. The minimum Gasteiger partial charge on any atom is -0.326 e. The standard InChI is InChI=1S/C18H30N2O/c1-3-4-5-6-7-8-9-10-18(21)20(2)17-13-11-16(15-19)12-14-17/h11-14H,3-10,15,19H2,1-2H3. The van der Waals surface area contributed by atoms with Gasteiger partial charge in [-0.2, -0.15) is 0 Å². The van der Waals surface area contributed by atoms with Crippen LogP contribution in [0.2, 0.25) is 0 Å². The Morgan fingerprint density at radius 3 is 2.14 bits per heavy atom. The molecule has 0 atom stereocenters. The molecule has 2 N–H and O–H groups in total. The first-order valence-corrected chi connectivity index (χ1v) is 8.24. The molecule has 0 bridgehead atoms. The first-order chi connectivity index (χ1) is 10.2. The van der Waals surface area contributed by atoms with E-state index in [0.717, 1.165) is 24.1 Å². The van der Waals surface area contributed by atoms with Crippen LogP contribution in [0.15, 0.2) is 24.3 Å². The molecule has 1 amide bonds. The van der Waals surface area contributed by atoms with E-state index in [2.05, 4.69) is 6.92 Å². The van der Waals surface area contributed by atoms with E-state index in [1.165, 1.54) is 32.1 Å². The normalized spacial score (nSPS) is 10.6. The van der Waals surface area contributed by atoms with Crippen molar-refractivity contribution in [2.24, 2.45) is 5.73 Å². The van der Waals surface area contributed by atoms with Crippen LogP contribution >= 0.6 is 0 Å². The van der Waals surface area contributed by atoms with E-state index < -0.39 is 0 Å². The van der Waals surface area contributed by atoms with Crippen LogP contribution < -0.4 is 10.6 Å². The highest BCUT2D eigenvalue weighted by Crippen LogP contribution is 2.16. The lowest BCUT2D eigenvalue weighted by Gasteiger charge is -2.17. The van der Waals surface area contributed by atoms with E-state index in [9.17, 15) is 4.79 Å². The van der Waals surface area contributed by atoms with E-state index >= 15 is 0 Å². The van der Waals surface area contributed by atoms with Crippen molar-refractivity contribution in [2.45, 2.75) is 64.8 Å². The van der Waals surface area contributed by atoms with Crippen molar-refractivity contribution in [1.82, 2.24) is 0 Å². The predicted molar refractivity (Wildman–Crippen MR) is 90.4 cm³/mol. The van der Waals surface area contributed by atoms with Crippen molar-refractivity contribution >= 4 is 11.6 Å². The lowest BCUT2D eigenvalue weighted by atomic mass is 10.1. The van der Waals surface area contributed by atoms with Gasteiger partial charge in [0.2, 0.25) is 5.91 Å². The Morgan fingerprint density at radius 2 is 1.57 bits per heavy atom. The maximum absolute atomic E-state index is 12.1. The SMILES string of the molecule is CCCCCCCCCC(=O)N(C)c1ccc(CN)cc1. The number of nitrogens with two attached hydrogens (primary N) is 1. The summed E-state index contributed by atoms with van der Waals surface area (Å²) in [5.41, 5.74) is 7.61. The highest BCUT2D eigenvalue weighted by molar-refractivity contribution is 5.92. The quantitative estimate of drug-likeness (QED) is 0.655. The number of unbranched alkanes of at least 4 members (excludes halogenated alkanes) is 6. The predicted octanol–water partition coefficient (Wildman–Crippen LogP) is 4.25. The second-order valence-electron chi connectivity index (χ2n) is 5.69. The smallest absolute Gasteiger partial charge is 0.226 e. The van der Waals surface area contributed by atoms with E-state index in [-0.39, 0.29) is 5.91 Å². The Labute approximate surface area is 129 Å². The van der Waals surface area contributed by atoms with E-state index in [4.69, 9.17) is 5.73 Å². The summed E-state index contributed by atoms with van der Waals surface area (Å²) < 4.78 is 0. The van der Waals surface area contributed by atoms with Gasteiger partial charge in [0, 0.05) is 25.7 Å². The molecule has 0 unspecified atom stereocenters. The van der Waals surface area contributed by atoms with Gasteiger partial charge < -0.3 is 10.6 Å². The van der Waals surface area contributed by atoms with Gasteiger partial charge in [0.15, 0.2) is 0 Å². The van der Waals surface area contributed by atoms with Gasteiger partial charge in [-0.25, -0.2) is 0 Å². The number of hydrogen-bond donors (Lipinski definition) is 1. The van der Waals surface area contributed by atoms with Crippen LogP contribution in [0.1, 0.15) is 63.9 Å². The zero-order valence-corrected chi connectivity index (χ0v) is 13.6. The lowest BCUT2D eigenvalue weighted by molar-refractivity contribution is -0.118. The van der Waals surface area contributed by atoms with Crippen molar-refractivity contribution in [3.8, 4) is 0 Å². The Hall–Kier alpha value is -1.35. The first kappa shape index (κ1) is 17.7. The highest BCUT2D eigenvalue weighted by atomic mass is 16.2. The molecule has 0 saturated carbocycles. The molecular weight excluding hydrogens is 260 g/mol. The van der Waals surface area contributed by atoms with Crippen LogP contribution in [0.25, 0.3) is 0 Å². The number of amides is 1.